The van der Waals surface area contributed by atoms with Gasteiger partial charge in [0.1, 0.15) is 5.76 Å². The van der Waals surface area contributed by atoms with Gasteiger partial charge in [-0.25, -0.2) is 0 Å². The lowest BCUT2D eigenvalue weighted by molar-refractivity contribution is 0.490. The molecule has 0 atom stereocenters. The molecule has 1 heterocycles. The monoisotopic (exact) mass is 237 g/mol. The molecule has 0 bridgehead atoms. The quantitative estimate of drug-likeness (QED) is 0.644. The molecule has 0 saturated heterocycles. The topological polar surface area (TPSA) is 25.2 Å². The molecule has 0 spiro atoms. The molecular formula is C7H9BrClNO. The van der Waals surface area contributed by atoms with E-state index in [1.165, 1.54) is 0 Å². The van der Waals surface area contributed by atoms with Gasteiger partial charge in [0.15, 0.2) is 5.22 Å². The molecular weight excluding hydrogens is 229 g/mol. The highest BCUT2D eigenvalue weighted by molar-refractivity contribution is 9.09. The van der Waals surface area contributed by atoms with Gasteiger partial charge in [-0.05, 0) is 23.7 Å². The fourth-order valence-corrected chi connectivity index (χ4v) is 1.17. The van der Waals surface area contributed by atoms with Crippen LogP contribution in [0, 0.1) is 0 Å². The van der Waals surface area contributed by atoms with E-state index in [0.29, 0.717) is 5.22 Å². The van der Waals surface area contributed by atoms with Gasteiger partial charge < -0.3 is 9.73 Å². The summed E-state index contributed by atoms with van der Waals surface area (Å²) in [5.74, 6) is 0.871. The number of nitrogens with one attached hydrogen (secondary N) is 1. The summed E-state index contributed by atoms with van der Waals surface area (Å²) in [6.45, 7) is 1.66. The zero-order chi connectivity index (χ0) is 8.10. The molecule has 0 aromatic carbocycles. The Labute approximate surface area is 79.0 Å². The van der Waals surface area contributed by atoms with Crippen LogP contribution in [0.1, 0.15) is 5.76 Å². The molecule has 1 N–H and O–H groups in total. The Balaban J connectivity index is 2.27. The lowest BCUT2D eigenvalue weighted by Crippen LogP contribution is -2.14. The number of hydrogen-bond acceptors (Lipinski definition) is 2. The fraction of sp³-hybridized carbons (Fsp3) is 0.429. The summed E-state index contributed by atoms with van der Waals surface area (Å²) in [7, 11) is 0. The Morgan fingerprint density at radius 3 is 2.91 bits per heavy atom. The molecule has 0 saturated carbocycles. The van der Waals surface area contributed by atoms with Gasteiger partial charge in [0.25, 0.3) is 0 Å². The molecule has 62 valence electrons. The molecule has 0 radical (unpaired) electrons. The average molecular weight is 239 g/mol. The predicted octanol–water partition coefficient (Wildman–Crippen LogP) is 2.42. The predicted molar refractivity (Wildman–Crippen MR) is 49.2 cm³/mol. The molecule has 0 amide bonds. The van der Waals surface area contributed by atoms with Gasteiger partial charge in [-0.15, -0.1) is 0 Å². The van der Waals surface area contributed by atoms with Crippen LogP contribution in [0.25, 0.3) is 0 Å². The van der Waals surface area contributed by atoms with Crippen LogP contribution in [0.5, 0.6) is 0 Å². The highest BCUT2D eigenvalue weighted by Gasteiger charge is 1.97. The molecule has 0 aliphatic carbocycles. The van der Waals surface area contributed by atoms with Crippen molar-refractivity contribution in [2.24, 2.45) is 0 Å². The first-order valence-corrected chi connectivity index (χ1v) is 4.84. The second-order valence-corrected chi connectivity index (χ2v) is 3.24. The van der Waals surface area contributed by atoms with Gasteiger partial charge >= 0.3 is 0 Å². The van der Waals surface area contributed by atoms with Crippen LogP contribution in [-0.4, -0.2) is 11.9 Å². The maximum atomic E-state index is 5.57. The van der Waals surface area contributed by atoms with E-state index in [4.69, 9.17) is 16.0 Å². The summed E-state index contributed by atoms with van der Waals surface area (Å²) in [6, 6.07) is 3.61. The summed E-state index contributed by atoms with van der Waals surface area (Å²) in [5.41, 5.74) is 0. The molecule has 2 nitrogen and oxygen atoms in total. The van der Waals surface area contributed by atoms with Crippen molar-refractivity contribution in [2.75, 3.05) is 11.9 Å². The summed E-state index contributed by atoms with van der Waals surface area (Å²) >= 11 is 8.88. The minimum atomic E-state index is 0.445. The van der Waals surface area contributed by atoms with Gasteiger partial charge in [0, 0.05) is 11.9 Å². The first-order valence-electron chi connectivity index (χ1n) is 3.34. The largest absolute Gasteiger partial charge is 0.448 e. The minimum Gasteiger partial charge on any atom is -0.448 e. The highest BCUT2D eigenvalue weighted by Crippen LogP contribution is 2.12. The third-order valence-corrected chi connectivity index (χ3v) is 1.80. The van der Waals surface area contributed by atoms with Crippen molar-refractivity contribution >= 4 is 27.5 Å². The Morgan fingerprint density at radius 1 is 1.55 bits per heavy atom. The second-order valence-electron chi connectivity index (χ2n) is 2.07. The van der Waals surface area contributed by atoms with E-state index in [0.717, 1.165) is 24.2 Å². The number of halogens is 2. The molecule has 0 unspecified atom stereocenters. The molecule has 0 aliphatic rings. The number of hydrogen-bond donors (Lipinski definition) is 1. The van der Waals surface area contributed by atoms with Crippen molar-refractivity contribution in [3.63, 3.8) is 0 Å². The SMILES string of the molecule is Clc1ccc(CNCCBr)o1. The molecule has 11 heavy (non-hydrogen) atoms. The van der Waals surface area contributed by atoms with Crippen LogP contribution < -0.4 is 5.32 Å². The van der Waals surface area contributed by atoms with Crippen molar-refractivity contribution in [1.82, 2.24) is 5.32 Å². The fourth-order valence-electron chi connectivity index (χ4n) is 0.725. The van der Waals surface area contributed by atoms with E-state index >= 15 is 0 Å². The molecule has 1 aromatic rings. The maximum absolute atomic E-state index is 5.57. The summed E-state index contributed by atoms with van der Waals surface area (Å²) < 4.78 is 5.12. The third-order valence-electron chi connectivity index (χ3n) is 1.20. The normalized spacial score (nSPS) is 10.4. The maximum Gasteiger partial charge on any atom is 0.193 e. The van der Waals surface area contributed by atoms with Crippen molar-refractivity contribution in [3.8, 4) is 0 Å². The first kappa shape index (κ1) is 9.10. The number of rotatable bonds is 4. The standard InChI is InChI=1S/C7H9BrClNO/c8-3-4-10-5-6-1-2-7(9)11-6/h1-2,10H,3-5H2. The summed E-state index contributed by atoms with van der Waals surface area (Å²) in [6.07, 6.45) is 0. The van der Waals surface area contributed by atoms with Crippen molar-refractivity contribution in [1.29, 1.82) is 0 Å². The van der Waals surface area contributed by atoms with Crippen LogP contribution in [-0.2, 0) is 6.54 Å². The zero-order valence-corrected chi connectivity index (χ0v) is 8.28. The van der Waals surface area contributed by atoms with Crippen molar-refractivity contribution in [2.45, 2.75) is 6.54 Å². The van der Waals surface area contributed by atoms with E-state index in [9.17, 15) is 0 Å². The van der Waals surface area contributed by atoms with E-state index in [1.807, 2.05) is 6.07 Å². The molecule has 0 fully saturated rings. The van der Waals surface area contributed by atoms with Crippen LogP contribution in [0.3, 0.4) is 0 Å². The van der Waals surface area contributed by atoms with Crippen LogP contribution in [0.4, 0.5) is 0 Å². The Morgan fingerprint density at radius 2 is 2.36 bits per heavy atom. The van der Waals surface area contributed by atoms with Crippen molar-refractivity contribution < 1.29 is 4.42 Å². The Bertz CT molecular complexity index is 214. The smallest absolute Gasteiger partial charge is 0.193 e. The molecule has 0 aliphatic heterocycles. The zero-order valence-electron chi connectivity index (χ0n) is 5.94. The highest BCUT2D eigenvalue weighted by atomic mass is 79.9. The Kier molecular flexibility index (Phi) is 3.97. The minimum absolute atomic E-state index is 0.445. The number of alkyl halides is 1. The third kappa shape index (κ3) is 3.27. The van der Waals surface area contributed by atoms with Crippen LogP contribution in [0.15, 0.2) is 16.5 Å². The summed E-state index contributed by atoms with van der Waals surface area (Å²) in [5, 5.41) is 4.56. The van der Waals surface area contributed by atoms with Gasteiger partial charge in [0.05, 0.1) is 6.54 Å². The average Bonchev–Trinajstić information content (AvgIpc) is 2.37. The summed E-state index contributed by atoms with van der Waals surface area (Å²) in [4.78, 5) is 0. The van der Waals surface area contributed by atoms with Crippen molar-refractivity contribution in [3.05, 3.63) is 23.1 Å². The molecule has 4 heteroatoms. The second kappa shape index (κ2) is 4.80. The Hall–Kier alpha value is 0.01000. The number of furan rings is 1. The van der Waals surface area contributed by atoms with Crippen LogP contribution >= 0.6 is 27.5 Å². The lowest BCUT2D eigenvalue weighted by atomic mass is 10.4. The van der Waals surface area contributed by atoms with Gasteiger partial charge in [0.2, 0.25) is 0 Å². The molecule has 1 rings (SSSR count). The lowest BCUT2D eigenvalue weighted by Gasteiger charge is -1.96. The van der Waals surface area contributed by atoms with Crippen LogP contribution in [0.2, 0.25) is 5.22 Å². The van der Waals surface area contributed by atoms with Gasteiger partial charge in [-0.1, -0.05) is 15.9 Å². The van der Waals surface area contributed by atoms with Gasteiger partial charge in [-0.2, -0.15) is 0 Å². The molecule has 1 aromatic heterocycles. The first-order chi connectivity index (χ1) is 5.33. The van der Waals surface area contributed by atoms with E-state index in [2.05, 4.69) is 21.2 Å². The van der Waals surface area contributed by atoms with E-state index in [-0.39, 0.29) is 0 Å². The van der Waals surface area contributed by atoms with Gasteiger partial charge in [-0.3, -0.25) is 0 Å². The van der Waals surface area contributed by atoms with E-state index < -0.39 is 0 Å². The van der Waals surface area contributed by atoms with E-state index in [1.54, 1.807) is 6.07 Å².